The second kappa shape index (κ2) is 14.2. The predicted octanol–water partition coefficient (Wildman–Crippen LogP) is 2.04. The Bertz CT molecular complexity index is 103. The molecule has 0 radical (unpaired) electrons. The van der Waals surface area contributed by atoms with Gasteiger partial charge in [-0.2, -0.15) is 0 Å². The first-order valence-electron chi connectivity index (χ1n) is 5.78. The van der Waals surface area contributed by atoms with Gasteiger partial charge in [-0.3, -0.25) is 0 Å². The molecule has 0 rings (SSSR count). The van der Waals surface area contributed by atoms with E-state index in [1.54, 1.807) is 0 Å². The largest absolute Gasteiger partial charge is 0.379 e. The van der Waals surface area contributed by atoms with Gasteiger partial charge in [0.15, 0.2) is 0 Å². The molecule has 0 aliphatic heterocycles. The minimum Gasteiger partial charge on any atom is -0.379 e. The Kier molecular flexibility index (Phi) is 14.3. The van der Waals surface area contributed by atoms with E-state index in [2.05, 4.69) is 5.32 Å². The molecule has 0 spiro atoms. The molecule has 0 fully saturated rings. The van der Waals surface area contributed by atoms with Gasteiger partial charge in [0, 0.05) is 19.0 Å². The lowest BCUT2D eigenvalue weighted by atomic mass is 10.2. The van der Waals surface area contributed by atoms with Crippen LogP contribution in [0.5, 0.6) is 0 Å². The molecule has 3 nitrogen and oxygen atoms in total. The molecule has 0 saturated heterocycles. The summed E-state index contributed by atoms with van der Waals surface area (Å²) in [6, 6.07) is 0. The summed E-state index contributed by atoms with van der Waals surface area (Å²) >= 11 is 5.57. The maximum Gasteiger partial charge on any atom is 0.0701 e. The van der Waals surface area contributed by atoms with E-state index in [4.69, 9.17) is 21.1 Å². The Morgan fingerprint density at radius 2 is 1.53 bits per heavy atom. The van der Waals surface area contributed by atoms with Crippen molar-refractivity contribution in [1.82, 2.24) is 5.32 Å². The average Bonchev–Trinajstić information content (AvgIpc) is 2.26. The van der Waals surface area contributed by atoms with Crippen molar-refractivity contribution in [2.24, 2.45) is 0 Å². The summed E-state index contributed by atoms with van der Waals surface area (Å²) in [6.07, 6.45) is 4.68. The molecule has 4 heteroatoms. The van der Waals surface area contributed by atoms with Gasteiger partial charge in [0.05, 0.1) is 19.8 Å². The molecular weight excluding hydrogens is 214 g/mol. The molecule has 15 heavy (non-hydrogen) atoms. The van der Waals surface area contributed by atoms with Crippen LogP contribution in [-0.4, -0.2) is 45.9 Å². The lowest BCUT2D eigenvalue weighted by molar-refractivity contribution is 0.0478. The first-order valence-corrected chi connectivity index (χ1v) is 6.31. The second-order valence-electron chi connectivity index (χ2n) is 3.43. The fraction of sp³-hybridized carbons (Fsp3) is 1.00. The quantitative estimate of drug-likeness (QED) is 0.416. The van der Waals surface area contributed by atoms with E-state index in [1.165, 1.54) is 12.8 Å². The van der Waals surface area contributed by atoms with Gasteiger partial charge in [-0.15, -0.1) is 11.6 Å². The highest BCUT2D eigenvalue weighted by Gasteiger charge is 1.91. The number of rotatable bonds is 12. The third kappa shape index (κ3) is 14.2. The Labute approximate surface area is 98.5 Å². The van der Waals surface area contributed by atoms with Gasteiger partial charge in [-0.25, -0.2) is 0 Å². The zero-order valence-electron chi connectivity index (χ0n) is 9.77. The van der Waals surface area contributed by atoms with Gasteiger partial charge in [-0.1, -0.05) is 12.8 Å². The zero-order valence-corrected chi connectivity index (χ0v) is 10.5. The molecule has 0 amide bonds. The SMILES string of the molecule is CNCCOCCOCCCCCCCl. The summed E-state index contributed by atoms with van der Waals surface area (Å²) < 4.78 is 10.7. The van der Waals surface area contributed by atoms with E-state index in [-0.39, 0.29) is 0 Å². The number of hydrogen-bond donors (Lipinski definition) is 1. The molecule has 92 valence electrons. The fourth-order valence-corrected chi connectivity index (χ4v) is 1.34. The minimum atomic E-state index is 0.698. The summed E-state index contributed by atoms with van der Waals surface area (Å²) in [5.41, 5.74) is 0. The Hall–Kier alpha value is 0.170. The number of nitrogens with one attached hydrogen (secondary N) is 1. The maximum absolute atomic E-state index is 5.57. The molecule has 0 atom stereocenters. The van der Waals surface area contributed by atoms with Crippen LogP contribution < -0.4 is 5.32 Å². The summed E-state index contributed by atoms with van der Waals surface area (Å²) in [4.78, 5) is 0. The van der Waals surface area contributed by atoms with E-state index in [0.29, 0.717) is 13.2 Å². The highest BCUT2D eigenvalue weighted by molar-refractivity contribution is 6.17. The van der Waals surface area contributed by atoms with Gasteiger partial charge >= 0.3 is 0 Å². The summed E-state index contributed by atoms with van der Waals surface area (Å²) in [5, 5.41) is 3.02. The smallest absolute Gasteiger partial charge is 0.0701 e. The van der Waals surface area contributed by atoms with E-state index in [0.717, 1.165) is 38.5 Å². The van der Waals surface area contributed by atoms with Crippen LogP contribution in [0.3, 0.4) is 0 Å². The van der Waals surface area contributed by atoms with Crippen molar-refractivity contribution in [1.29, 1.82) is 0 Å². The molecule has 0 aliphatic carbocycles. The lowest BCUT2D eigenvalue weighted by Crippen LogP contribution is -2.16. The van der Waals surface area contributed by atoms with E-state index >= 15 is 0 Å². The summed E-state index contributed by atoms with van der Waals surface area (Å²) in [7, 11) is 1.92. The molecule has 0 saturated carbocycles. The number of likely N-dealkylation sites (N-methyl/N-ethyl adjacent to an activating group) is 1. The minimum absolute atomic E-state index is 0.698. The molecular formula is C11H24ClNO2. The van der Waals surface area contributed by atoms with Crippen molar-refractivity contribution >= 4 is 11.6 Å². The Morgan fingerprint density at radius 1 is 0.867 bits per heavy atom. The average molecular weight is 238 g/mol. The first kappa shape index (κ1) is 15.2. The van der Waals surface area contributed by atoms with Gasteiger partial charge < -0.3 is 14.8 Å². The normalized spacial score (nSPS) is 10.8. The monoisotopic (exact) mass is 237 g/mol. The Balaban J connectivity index is 2.81. The van der Waals surface area contributed by atoms with Crippen molar-refractivity contribution in [3.8, 4) is 0 Å². The topological polar surface area (TPSA) is 30.5 Å². The molecule has 0 aromatic heterocycles. The first-order chi connectivity index (χ1) is 7.41. The number of unbranched alkanes of at least 4 members (excludes halogenated alkanes) is 3. The van der Waals surface area contributed by atoms with Gasteiger partial charge in [0.2, 0.25) is 0 Å². The third-order valence-electron chi connectivity index (χ3n) is 2.04. The molecule has 0 aromatic carbocycles. The fourth-order valence-electron chi connectivity index (χ4n) is 1.15. The highest BCUT2D eigenvalue weighted by atomic mass is 35.5. The Morgan fingerprint density at radius 3 is 2.20 bits per heavy atom. The van der Waals surface area contributed by atoms with Crippen LogP contribution in [0.2, 0.25) is 0 Å². The van der Waals surface area contributed by atoms with Crippen molar-refractivity contribution in [3.05, 3.63) is 0 Å². The molecule has 1 N–H and O–H groups in total. The van der Waals surface area contributed by atoms with Crippen LogP contribution in [-0.2, 0) is 9.47 Å². The number of alkyl halides is 1. The van der Waals surface area contributed by atoms with Crippen LogP contribution in [0.1, 0.15) is 25.7 Å². The van der Waals surface area contributed by atoms with Crippen molar-refractivity contribution in [3.63, 3.8) is 0 Å². The van der Waals surface area contributed by atoms with E-state index in [1.807, 2.05) is 7.05 Å². The second-order valence-corrected chi connectivity index (χ2v) is 3.81. The molecule has 0 aromatic rings. The maximum atomic E-state index is 5.57. The molecule has 0 unspecified atom stereocenters. The molecule has 0 aliphatic rings. The number of ether oxygens (including phenoxy) is 2. The van der Waals surface area contributed by atoms with E-state index in [9.17, 15) is 0 Å². The van der Waals surface area contributed by atoms with Crippen LogP contribution in [0.25, 0.3) is 0 Å². The number of hydrogen-bond acceptors (Lipinski definition) is 3. The van der Waals surface area contributed by atoms with Crippen molar-refractivity contribution in [2.45, 2.75) is 25.7 Å². The number of halogens is 1. The van der Waals surface area contributed by atoms with Crippen LogP contribution in [0.4, 0.5) is 0 Å². The van der Waals surface area contributed by atoms with Crippen LogP contribution in [0.15, 0.2) is 0 Å². The van der Waals surface area contributed by atoms with E-state index < -0.39 is 0 Å². The van der Waals surface area contributed by atoms with Gasteiger partial charge in [0.1, 0.15) is 0 Å². The molecule has 0 heterocycles. The summed E-state index contributed by atoms with van der Waals surface area (Å²) in [5.74, 6) is 0.778. The molecule has 0 bridgehead atoms. The van der Waals surface area contributed by atoms with Gasteiger partial charge in [0.25, 0.3) is 0 Å². The summed E-state index contributed by atoms with van der Waals surface area (Å²) in [6.45, 7) is 3.91. The third-order valence-corrected chi connectivity index (χ3v) is 2.31. The van der Waals surface area contributed by atoms with Crippen molar-refractivity contribution in [2.75, 3.05) is 45.9 Å². The predicted molar refractivity (Wildman–Crippen MR) is 64.8 cm³/mol. The van der Waals surface area contributed by atoms with Crippen LogP contribution >= 0.6 is 11.6 Å². The zero-order chi connectivity index (χ0) is 11.2. The van der Waals surface area contributed by atoms with Crippen LogP contribution in [0, 0.1) is 0 Å². The van der Waals surface area contributed by atoms with Crippen molar-refractivity contribution < 1.29 is 9.47 Å². The lowest BCUT2D eigenvalue weighted by Gasteiger charge is -2.05. The standard InChI is InChI=1S/C11H24ClNO2/c1-13-7-9-15-11-10-14-8-5-3-2-4-6-12/h13H,2-11H2,1H3. The van der Waals surface area contributed by atoms with Gasteiger partial charge in [-0.05, 0) is 19.9 Å². The highest BCUT2D eigenvalue weighted by Crippen LogP contribution is 2.00.